The average molecular weight is 258 g/mol. The Morgan fingerprint density at radius 1 is 1.32 bits per heavy atom. The van der Waals surface area contributed by atoms with Gasteiger partial charge in [0, 0.05) is 13.1 Å². The molecule has 0 unspecified atom stereocenters. The van der Waals surface area contributed by atoms with Gasteiger partial charge < -0.3 is 9.80 Å². The lowest BCUT2D eigenvalue weighted by Gasteiger charge is -2.18. The molecular formula is C12H14N6O. The normalized spacial score (nSPS) is 19.7. The molecule has 0 spiro atoms. The topological polar surface area (TPSA) is 67.2 Å². The summed E-state index contributed by atoms with van der Waals surface area (Å²) in [5.41, 5.74) is 0.794. The Morgan fingerprint density at radius 2 is 2.16 bits per heavy atom. The molecule has 0 aromatic carbocycles. The summed E-state index contributed by atoms with van der Waals surface area (Å²) in [4.78, 5) is 24.5. The van der Waals surface area contributed by atoms with E-state index in [9.17, 15) is 4.79 Å². The average Bonchev–Trinajstić information content (AvgIpc) is 3.09. The first kappa shape index (κ1) is 10.7. The van der Waals surface area contributed by atoms with Crippen LogP contribution in [0.3, 0.4) is 0 Å². The number of nitrogens with zero attached hydrogens (tertiary/aromatic N) is 6. The number of anilines is 1. The molecule has 0 bridgehead atoms. The van der Waals surface area contributed by atoms with E-state index in [0.717, 1.165) is 29.7 Å². The maximum Gasteiger partial charge on any atom is 0.243 e. The minimum atomic E-state index is 0.193. The minimum absolute atomic E-state index is 0.193. The summed E-state index contributed by atoms with van der Waals surface area (Å²) in [6.07, 6.45) is 5.55. The van der Waals surface area contributed by atoms with E-state index in [2.05, 4.69) is 15.1 Å². The van der Waals surface area contributed by atoms with Crippen molar-refractivity contribution in [2.24, 2.45) is 7.05 Å². The second kappa shape index (κ2) is 3.66. The van der Waals surface area contributed by atoms with E-state index in [0.29, 0.717) is 19.3 Å². The Bertz CT molecular complexity index is 661. The van der Waals surface area contributed by atoms with E-state index >= 15 is 0 Å². The van der Waals surface area contributed by atoms with Crippen LogP contribution >= 0.6 is 0 Å². The predicted octanol–water partition coefficient (Wildman–Crippen LogP) is 0.132. The highest BCUT2D eigenvalue weighted by atomic mass is 16.2. The highest BCUT2D eigenvalue weighted by molar-refractivity contribution is 5.91. The van der Waals surface area contributed by atoms with Crippen molar-refractivity contribution in [2.45, 2.75) is 18.9 Å². The molecule has 98 valence electrons. The van der Waals surface area contributed by atoms with Gasteiger partial charge in [-0.1, -0.05) is 0 Å². The zero-order valence-corrected chi connectivity index (χ0v) is 10.7. The van der Waals surface area contributed by atoms with Crippen LogP contribution in [0, 0.1) is 0 Å². The number of amides is 1. The molecule has 19 heavy (non-hydrogen) atoms. The van der Waals surface area contributed by atoms with Crippen molar-refractivity contribution in [3.05, 3.63) is 12.5 Å². The van der Waals surface area contributed by atoms with Gasteiger partial charge >= 0.3 is 0 Å². The molecule has 0 atom stereocenters. The number of aryl methyl sites for hydroxylation is 1. The lowest BCUT2D eigenvalue weighted by Crippen LogP contribution is -2.29. The molecule has 1 amide bonds. The molecule has 7 heteroatoms. The third-order valence-electron chi connectivity index (χ3n) is 3.77. The fraction of sp³-hybridized carbons (Fsp3) is 0.500. The fourth-order valence-corrected chi connectivity index (χ4v) is 2.62. The van der Waals surface area contributed by atoms with Crippen LogP contribution in [0.4, 0.5) is 5.82 Å². The van der Waals surface area contributed by atoms with Gasteiger partial charge in [0.15, 0.2) is 5.65 Å². The van der Waals surface area contributed by atoms with Crippen molar-refractivity contribution < 1.29 is 4.79 Å². The number of carbonyl (C=O) groups is 1. The van der Waals surface area contributed by atoms with Gasteiger partial charge in [0.25, 0.3) is 0 Å². The Hall–Kier alpha value is -2.18. The minimum Gasteiger partial charge on any atom is -0.329 e. The SMILES string of the molecule is Cn1ncc2c(N3CC(=O)N(C4CC4)C3)ncnc21. The highest BCUT2D eigenvalue weighted by Gasteiger charge is 2.39. The first-order valence-corrected chi connectivity index (χ1v) is 6.41. The van der Waals surface area contributed by atoms with Gasteiger partial charge in [0.2, 0.25) is 5.91 Å². The predicted molar refractivity (Wildman–Crippen MR) is 68.4 cm³/mol. The van der Waals surface area contributed by atoms with Crippen LogP contribution in [0.25, 0.3) is 11.0 Å². The second-order valence-electron chi connectivity index (χ2n) is 5.14. The van der Waals surface area contributed by atoms with Gasteiger partial charge in [-0.2, -0.15) is 5.10 Å². The van der Waals surface area contributed by atoms with E-state index in [-0.39, 0.29) is 5.91 Å². The number of aromatic nitrogens is 4. The number of carbonyl (C=O) groups excluding carboxylic acids is 1. The van der Waals surface area contributed by atoms with Gasteiger partial charge in [-0.05, 0) is 12.8 Å². The van der Waals surface area contributed by atoms with Gasteiger partial charge in [-0.3, -0.25) is 9.48 Å². The summed E-state index contributed by atoms with van der Waals surface area (Å²) >= 11 is 0. The van der Waals surface area contributed by atoms with Gasteiger partial charge in [0.1, 0.15) is 18.7 Å². The van der Waals surface area contributed by atoms with Crippen molar-refractivity contribution in [1.29, 1.82) is 0 Å². The number of fused-ring (bicyclic) bond motifs is 1. The summed E-state index contributed by atoms with van der Waals surface area (Å²) in [6, 6.07) is 0.448. The standard InChI is InChI=1S/C12H14N6O/c1-16-11-9(4-15-16)12(14-6-13-11)17-5-10(19)18(7-17)8-2-3-8/h4,6,8H,2-3,5,7H2,1H3. The molecule has 1 saturated heterocycles. The van der Waals surface area contributed by atoms with Crippen LogP contribution in [0.5, 0.6) is 0 Å². The zero-order chi connectivity index (χ0) is 13.0. The Kier molecular flexibility index (Phi) is 2.06. The van der Waals surface area contributed by atoms with Crippen LogP contribution in [0.1, 0.15) is 12.8 Å². The molecule has 2 aromatic heterocycles. The van der Waals surface area contributed by atoms with E-state index in [1.165, 1.54) is 6.33 Å². The van der Waals surface area contributed by atoms with Crippen molar-refractivity contribution in [1.82, 2.24) is 24.6 Å². The first-order valence-electron chi connectivity index (χ1n) is 6.41. The van der Waals surface area contributed by atoms with Crippen LogP contribution in [-0.2, 0) is 11.8 Å². The molecule has 3 heterocycles. The number of hydrogen-bond acceptors (Lipinski definition) is 5. The molecule has 2 aliphatic rings. The van der Waals surface area contributed by atoms with E-state index in [1.807, 2.05) is 16.8 Å². The van der Waals surface area contributed by atoms with Crippen molar-refractivity contribution in [3.63, 3.8) is 0 Å². The lowest BCUT2D eigenvalue weighted by molar-refractivity contribution is -0.127. The molecule has 0 radical (unpaired) electrons. The van der Waals surface area contributed by atoms with Crippen LogP contribution < -0.4 is 4.90 Å². The van der Waals surface area contributed by atoms with Crippen molar-refractivity contribution in [3.8, 4) is 0 Å². The third-order valence-corrected chi connectivity index (χ3v) is 3.77. The molecular weight excluding hydrogens is 244 g/mol. The van der Waals surface area contributed by atoms with Gasteiger partial charge in [-0.25, -0.2) is 9.97 Å². The third kappa shape index (κ3) is 1.57. The van der Waals surface area contributed by atoms with Crippen LogP contribution in [0.15, 0.2) is 12.5 Å². The molecule has 2 aromatic rings. The summed E-state index contributed by atoms with van der Waals surface area (Å²) in [7, 11) is 1.85. The quantitative estimate of drug-likeness (QED) is 0.766. The summed E-state index contributed by atoms with van der Waals surface area (Å²) in [5, 5.41) is 5.10. The Morgan fingerprint density at radius 3 is 2.95 bits per heavy atom. The lowest BCUT2D eigenvalue weighted by atomic mass is 10.3. The van der Waals surface area contributed by atoms with E-state index in [4.69, 9.17) is 0 Å². The van der Waals surface area contributed by atoms with Crippen LogP contribution in [-0.4, -0.2) is 49.8 Å². The molecule has 4 rings (SSSR count). The maximum absolute atomic E-state index is 12.0. The fourth-order valence-electron chi connectivity index (χ4n) is 2.62. The molecule has 1 aliphatic carbocycles. The van der Waals surface area contributed by atoms with Crippen LogP contribution in [0.2, 0.25) is 0 Å². The largest absolute Gasteiger partial charge is 0.329 e. The van der Waals surface area contributed by atoms with Crippen molar-refractivity contribution in [2.75, 3.05) is 18.1 Å². The smallest absolute Gasteiger partial charge is 0.243 e. The molecule has 0 N–H and O–H groups in total. The Labute approximate surface area is 109 Å². The van der Waals surface area contributed by atoms with E-state index < -0.39 is 0 Å². The van der Waals surface area contributed by atoms with Gasteiger partial charge in [0.05, 0.1) is 18.3 Å². The monoisotopic (exact) mass is 258 g/mol. The zero-order valence-electron chi connectivity index (χ0n) is 10.7. The highest BCUT2D eigenvalue weighted by Crippen LogP contribution is 2.32. The second-order valence-corrected chi connectivity index (χ2v) is 5.14. The Balaban J connectivity index is 1.73. The van der Waals surface area contributed by atoms with E-state index in [1.54, 1.807) is 10.9 Å². The summed E-state index contributed by atoms with van der Waals surface area (Å²) in [5.74, 6) is 0.993. The van der Waals surface area contributed by atoms with Gasteiger partial charge in [-0.15, -0.1) is 0 Å². The first-order chi connectivity index (χ1) is 9.24. The maximum atomic E-state index is 12.0. The molecule has 2 fully saturated rings. The van der Waals surface area contributed by atoms with Crippen molar-refractivity contribution >= 4 is 22.8 Å². The summed E-state index contributed by atoms with van der Waals surface area (Å²) in [6.45, 7) is 1.03. The number of rotatable bonds is 2. The molecule has 1 aliphatic heterocycles. The summed E-state index contributed by atoms with van der Waals surface area (Å²) < 4.78 is 1.72. The molecule has 1 saturated carbocycles. The number of hydrogen-bond donors (Lipinski definition) is 0. The molecule has 7 nitrogen and oxygen atoms in total.